The molecule has 0 spiro atoms. The van der Waals surface area contributed by atoms with E-state index in [4.69, 9.17) is 9.84 Å². The van der Waals surface area contributed by atoms with Gasteiger partial charge in [0.1, 0.15) is 0 Å². The van der Waals surface area contributed by atoms with Crippen molar-refractivity contribution >= 4 is 11.9 Å². The van der Waals surface area contributed by atoms with Gasteiger partial charge in [-0.05, 0) is 19.4 Å². The molecule has 1 aliphatic carbocycles. The average molecular weight is 298 g/mol. The lowest BCUT2D eigenvalue weighted by Crippen LogP contribution is -2.55. The van der Waals surface area contributed by atoms with Crippen LogP contribution < -0.4 is 10.6 Å². The molecule has 2 aliphatic rings. The van der Waals surface area contributed by atoms with Crippen molar-refractivity contribution in [2.24, 2.45) is 5.92 Å². The lowest BCUT2D eigenvalue weighted by molar-refractivity contribution is -0.140. The van der Waals surface area contributed by atoms with E-state index in [1.54, 1.807) is 0 Å². The summed E-state index contributed by atoms with van der Waals surface area (Å²) in [6.07, 6.45) is 4.59. The summed E-state index contributed by atoms with van der Waals surface area (Å²) in [7, 11) is 0. The number of carboxylic acids is 1. The highest BCUT2D eigenvalue weighted by Gasteiger charge is 2.40. The highest BCUT2D eigenvalue weighted by molar-refractivity contribution is 5.81. The Morgan fingerprint density at radius 3 is 2.57 bits per heavy atom. The molecular formula is C15H26N2O4. The first-order valence-electron chi connectivity index (χ1n) is 7.91. The van der Waals surface area contributed by atoms with E-state index in [0.717, 1.165) is 38.6 Å². The van der Waals surface area contributed by atoms with Gasteiger partial charge in [0.15, 0.2) is 0 Å². The van der Waals surface area contributed by atoms with Crippen molar-refractivity contribution in [3.8, 4) is 0 Å². The van der Waals surface area contributed by atoms with E-state index < -0.39 is 11.5 Å². The number of hydrogen-bond acceptors (Lipinski definition) is 4. The van der Waals surface area contributed by atoms with Crippen molar-refractivity contribution in [2.75, 3.05) is 19.8 Å². The summed E-state index contributed by atoms with van der Waals surface area (Å²) >= 11 is 0. The van der Waals surface area contributed by atoms with Crippen LogP contribution in [0.2, 0.25) is 0 Å². The summed E-state index contributed by atoms with van der Waals surface area (Å²) in [5, 5.41) is 15.5. The van der Waals surface area contributed by atoms with Crippen molar-refractivity contribution in [3.05, 3.63) is 0 Å². The van der Waals surface area contributed by atoms with Gasteiger partial charge in [-0.15, -0.1) is 0 Å². The van der Waals surface area contributed by atoms with Gasteiger partial charge in [0.2, 0.25) is 5.91 Å². The average Bonchev–Trinajstić information content (AvgIpc) is 2.87. The van der Waals surface area contributed by atoms with Crippen LogP contribution in [0.4, 0.5) is 0 Å². The Morgan fingerprint density at radius 2 is 1.95 bits per heavy atom. The number of rotatable bonds is 6. The number of aliphatic carboxylic acids is 1. The van der Waals surface area contributed by atoms with Gasteiger partial charge in [-0.2, -0.15) is 0 Å². The van der Waals surface area contributed by atoms with E-state index in [-0.39, 0.29) is 24.3 Å². The van der Waals surface area contributed by atoms with Crippen LogP contribution in [0.5, 0.6) is 0 Å². The summed E-state index contributed by atoms with van der Waals surface area (Å²) in [5.74, 6) is -1.14. The maximum atomic E-state index is 12.6. The first-order chi connectivity index (χ1) is 10.1. The predicted octanol–water partition coefficient (Wildman–Crippen LogP) is 0.905. The molecule has 3 N–H and O–H groups in total. The zero-order chi connectivity index (χ0) is 15.3. The molecule has 1 saturated carbocycles. The van der Waals surface area contributed by atoms with Gasteiger partial charge in [0.05, 0.1) is 31.1 Å². The molecule has 2 fully saturated rings. The molecule has 1 heterocycles. The summed E-state index contributed by atoms with van der Waals surface area (Å²) in [6, 6.07) is 0.0282. The molecule has 2 atom stereocenters. The van der Waals surface area contributed by atoms with Gasteiger partial charge in [-0.25, -0.2) is 0 Å². The highest BCUT2D eigenvalue weighted by Crippen LogP contribution is 2.32. The first kappa shape index (κ1) is 16.2. The molecule has 6 nitrogen and oxygen atoms in total. The molecule has 21 heavy (non-hydrogen) atoms. The van der Waals surface area contributed by atoms with Crippen molar-refractivity contribution < 1.29 is 19.4 Å². The van der Waals surface area contributed by atoms with E-state index in [9.17, 15) is 9.59 Å². The number of carboxylic acid groups (broad SMARTS) is 1. The zero-order valence-corrected chi connectivity index (χ0v) is 12.7. The minimum absolute atomic E-state index is 0.0121. The fraction of sp³-hybridized carbons (Fsp3) is 0.867. The molecule has 2 rings (SSSR count). The lowest BCUT2D eigenvalue weighted by Gasteiger charge is -2.38. The number of carbonyl (C=O) groups excluding carboxylic acids is 1. The molecule has 0 aromatic rings. The summed E-state index contributed by atoms with van der Waals surface area (Å²) in [6.45, 7) is 3.74. The Kier molecular flexibility index (Phi) is 5.58. The van der Waals surface area contributed by atoms with E-state index in [1.807, 2.05) is 6.92 Å². The molecular weight excluding hydrogens is 272 g/mol. The van der Waals surface area contributed by atoms with Crippen LogP contribution in [0.1, 0.15) is 45.4 Å². The van der Waals surface area contributed by atoms with Gasteiger partial charge in [-0.3, -0.25) is 9.59 Å². The molecule has 0 aromatic carbocycles. The monoisotopic (exact) mass is 298 g/mol. The molecule has 120 valence electrons. The molecule has 6 heteroatoms. The van der Waals surface area contributed by atoms with Gasteiger partial charge in [-0.1, -0.05) is 26.2 Å². The summed E-state index contributed by atoms with van der Waals surface area (Å²) < 4.78 is 5.41. The standard InChI is InChI=1S/C15H26N2O4/c1-2-16-12-10-21-9-11(12)14(20)17-15(8-13(18)19)6-4-3-5-7-15/h11-12,16H,2-10H2,1H3,(H,17,20)(H,18,19). The van der Waals surface area contributed by atoms with Crippen molar-refractivity contribution in [3.63, 3.8) is 0 Å². The third kappa shape index (κ3) is 4.17. The number of nitrogens with one attached hydrogen (secondary N) is 2. The zero-order valence-electron chi connectivity index (χ0n) is 12.7. The lowest BCUT2D eigenvalue weighted by atomic mass is 9.78. The number of ether oxygens (including phenoxy) is 1. The normalized spacial score (nSPS) is 28.2. The van der Waals surface area contributed by atoms with E-state index in [1.165, 1.54) is 0 Å². The Morgan fingerprint density at radius 1 is 1.24 bits per heavy atom. The number of hydrogen-bond donors (Lipinski definition) is 3. The quantitative estimate of drug-likeness (QED) is 0.678. The number of amides is 1. The van der Waals surface area contributed by atoms with Crippen molar-refractivity contribution in [1.82, 2.24) is 10.6 Å². The van der Waals surface area contributed by atoms with E-state index in [2.05, 4.69) is 10.6 Å². The van der Waals surface area contributed by atoms with Crippen LogP contribution in [0.25, 0.3) is 0 Å². The van der Waals surface area contributed by atoms with Crippen LogP contribution in [-0.4, -0.2) is 48.3 Å². The first-order valence-corrected chi connectivity index (χ1v) is 7.91. The molecule has 1 amide bonds. The number of carbonyl (C=O) groups is 2. The molecule has 0 bridgehead atoms. The maximum Gasteiger partial charge on any atom is 0.305 e. The van der Waals surface area contributed by atoms with Crippen molar-refractivity contribution in [2.45, 2.75) is 57.0 Å². The largest absolute Gasteiger partial charge is 0.481 e. The highest BCUT2D eigenvalue weighted by atomic mass is 16.5. The SMILES string of the molecule is CCNC1COCC1C(=O)NC1(CC(=O)O)CCCCC1. The van der Waals surface area contributed by atoms with Gasteiger partial charge in [0.25, 0.3) is 0 Å². The van der Waals surface area contributed by atoms with Gasteiger partial charge in [0, 0.05) is 6.04 Å². The van der Waals surface area contributed by atoms with Gasteiger partial charge >= 0.3 is 5.97 Å². The molecule has 0 radical (unpaired) electrons. The van der Waals surface area contributed by atoms with Crippen LogP contribution in [-0.2, 0) is 14.3 Å². The maximum absolute atomic E-state index is 12.6. The molecule has 1 saturated heterocycles. The predicted molar refractivity (Wildman–Crippen MR) is 78.0 cm³/mol. The molecule has 0 aromatic heterocycles. The van der Waals surface area contributed by atoms with Crippen LogP contribution in [0.3, 0.4) is 0 Å². The van der Waals surface area contributed by atoms with Gasteiger partial charge < -0.3 is 20.5 Å². The Bertz CT molecular complexity index is 380. The van der Waals surface area contributed by atoms with Crippen LogP contribution >= 0.6 is 0 Å². The third-order valence-corrected chi connectivity index (χ3v) is 4.57. The smallest absolute Gasteiger partial charge is 0.305 e. The van der Waals surface area contributed by atoms with Crippen LogP contribution in [0, 0.1) is 5.92 Å². The molecule has 2 unspecified atom stereocenters. The molecule has 1 aliphatic heterocycles. The fourth-order valence-corrected chi connectivity index (χ4v) is 3.49. The van der Waals surface area contributed by atoms with Crippen molar-refractivity contribution in [1.29, 1.82) is 0 Å². The number of likely N-dealkylation sites (N-methyl/N-ethyl adjacent to an activating group) is 1. The fourth-order valence-electron chi connectivity index (χ4n) is 3.49. The second kappa shape index (κ2) is 7.22. The Hall–Kier alpha value is -1.14. The second-order valence-corrected chi connectivity index (χ2v) is 6.21. The third-order valence-electron chi connectivity index (χ3n) is 4.57. The minimum atomic E-state index is -0.844. The van der Waals surface area contributed by atoms with Crippen LogP contribution in [0.15, 0.2) is 0 Å². The minimum Gasteiger partial charge on any atom is -0.481 e. The topological polar surface area (TPSA) is 87.7 Å². The van der Waals surface area contributed by atoms with E-state index >= 15 is 0 Å². The summed E-state index contributed by atoms with van der Waals surface area (Å²) in [5.41, 5.74) is -0.569. The van der Waals surface area contributed by atoms with E-state index in [0.29, 0.717) is 13.2 Å². The Balaban J connectivity index is 2.01. The Labute approximate surface area is 125 Å². The summed E-state index contributed by atoms with van der Waals surface area (Å²) in [4.78, 5) is 23.7. The second-order valence-electron chi connectivity index (χ2n) is 6.21.